The van der Waals surface area contributed by atoms with Gasteiger partial charge in [0, 0.05) is 0 Å². The lowest BCUT2D eigenvalue weighted by atomic mass is 10.1. The van der Waals surface area contributed by atoms with Gasteiger partial charge in [-0.25, -0.2) is 0 Å². The first-order chi connectivity index (χ1) is 28.0. The van der Waals surface area contributed by atoms with Crippen molar-refractivity contribution in [2.75, 3.05) is 13.2 Å². The lowest BCUT2D eigenvalue weighted by Crippen LogP contribution is -2.41. The number of amides is 4. The smallest absolute Gasteiger partial charge is 0.283 e. The molecule has 4 N–H and O–H groups in total. The number of carbonyl (C=O) groups excluding carboxylic acids is 4. The average Bonchev–Trinajstić information content (AvgIpc) is 4.02. The van der Waals surface area contributed by atoms with E-state index in [0.29, 0.717) is 23.0 Å². The molecule has 0 aromatic carbocycles. The zero-order chi connectivity index (χ0) is 40.8. The van der Waals surface area contributed by atoms with E-state index in [4.69, 9.17) is 9.47 Å². The first kappa shape index (κ1) is 48.0. The maximum Gasteiger partial charge on any atom is 0.283 e. The van der Waals surface area contributed by atoms with Gasteiger partial charge in [0.1, 0.15) is 9.75 Å². The van der Waals surface area contributed by atoms with Crippen molar-refractivity contribution in [3.8, 4) is 11.5 Å². The third-order valence-electron chi connectivity index (χ3n) is 9.79. The normalized spacial score (nSPS) is 11.0. The van der Waals surface area contributed by atoms with Gasteiger partial charge >= 0.3 is 0 Å². The number of ether oxygens (including phenoxy) is 2. The number of hydrazine groups is 2. The molecule has 0 bridgehead atoms. The Labute approximate surface area is 353 Å². The summed E-state index contributed by atoms with van der Waals surface area (Å²) in [7, 11) is 0. The fourth-order valence-electron chi connectivity index (χ4n) is 6.48. The van der Waals surface area contributed by atoms with Crippen molar-refractivity contribution in [1.29, 1.82) is 0 Å². The van der Waals surface area contributed by atoms with Crippen LogP contribution in [0.5, 0.6) is 11.5 Å². The molecule has 0 saturated carbocycles. The van der Waals surface area contributed by atoms with Crippen molar-refractivity contribution in [3.05, 3.63) is 54.5 Å². The molecule has 3 heterocycles. The molecule has 3 rings (SSSR count). The fourth-order valence-corrected chi connectivity index (χ4v) is 8.69. The van der Waals surface area contributed by atoms with Crippen molar-refractivity contribution in [2.45, 2.75) is 168 Å². The number of nitrogens with one attached hydrogen (secondary N) is 4. The van der Waals surface area contributed by atoms with Gasteiger partial charge in [0.25, 0.3) is 23.6 Å². The molecular weight excluding hydrogens is 777 g/mol. The minimum absolute atomic E-state index is 0.0971. The number of carbonyl (C=O) groups is 4. The van der Waals surface area contributed by atoms with Crippen LogP contribution in [0.1, 0.15) is 207 Å². The summed E-state index contributed by atoms with van der Waals surface area (Å²) in [5.41, 5.74) is 9.90. The predicted octanol–water partition coefficient (Wildman–Crippen LogP) is 12.2. The highest BCUT2D eigenvalue weighted by atomic mass is 32.1. The molecular formula is C44H68N4O6S3. The van der Waals surface area contributed by atoms with Crippen LogP contribution in [0, 0.1) is 0 Å². The van der Waals surface area contributed by atoms with Crippen molar-refractivity contribution in [1.82, 2.24) is 21.7 Å². The molecule has 318 valence electrons. The molecule has 0 aliphatic rings. The van der Waals surface area contributed by atoms with Gasteiger partial charge in [-0.1, -0.05) is 167 Å². The molecule has 0 atom stereocenters. The Morgan fingerprint density at radius 2 is 0.737 bits per heavy atom. The number of rotatable bonds is 32. The predicted molar refractivity (Wildman–Crippen MR) is 236 cm³/mol. The Kier molecular flexibility index (Phi) is 25.8. The molecule has 13 heteroatoms. The molecule has 0 fully saturated rings. The number of thiophene rings is 3. The largest absolute Gasteiger partial charge is 0.488 e. The van der Waals surface area contributed by atoms with Crippen LogP contribution in [0.15, 0.2) is 35.0 Å². The molecule has 0 aliphatic carbocycles. The topological polar surface area (TPSA) is 135 Å². The minimum Gasteiger partial charge on any atom is -0.488 e. The zero-order valence-electron chi connectivity index (χ0n) is 34.5. The Balaban J connectivity index is 1.62. The molecule has 57 heavy (non-hydrogen) atoms. The molecule has 0 radical (unpaired) electrons. The summed E-state index contributed by atoms with van der Waals surface area (Å²) in [6.07, 6.45) is 29.0. The van der Waals surface area contributed by atoms with E-state index < -0.39 is 23.6 Å². The SMILES string of the molecule is CCCCCCCCCCCCCCOc1c(C(=O)NNC(=O)c2cccs2)sc(C(=O)NNC(=O)c2cccs2)c1OCCCCCCCCCCCCCC. The summed E-state index contributed by atoms with van der Waals surface area (Å²) >= 11 is 3.41. The van der Waals surface area contributed by atoms with Gasteiger partial charge in [-0.3, -0.25) is 40.9 Å². The van der Waals surface area contributed by atoms with E-state index in [9.17, 15) is 19.2 Å². The van der Waals surface area contributed by atoms with E-state index in [1.165, 1.54) is 138 Å². The second-order valence-electron chi connectivity index (χ2n) is 14.7. The van der Waals surface area contributed by atoms with E-state index in [-0.39, 0.29) is 21.3 Å². The highest BCUT2D eigenvalue weighted by Gasteiger charge is 2.30. The average molecular weight is 845 g/mol. The van der Waals surface area contributed by atoms with E-state index in [1.807, 2.05) is 0 Å². The van der Waals surface area contributed by atoms with Gasteiger partial charge in [0.05, 0.1) is 23.0 Å². The van der Waals surface area contributed by atoms with Crippen LogP contribution in [0.4, 0.5) is 0 Å². The van der Waals surface area contributed by atoms with Gasteiger partial charge in [-0.05, 0) is 35.7 Å². The quantitative estimate of drug-likeness (QED) is 0.0365. The van der Waals surface area contributed by atoms with E-state index in [0.717, 1.165) is 49.9 Å². The first-order valence-corrected chi connectivity index (χ1v) is 24.2. The summed E-state index contributed by atoms with van der Waals surface area (Å²) in [6, 6.07) is 6.83. The maximum atomic E-state index is 13.6. The fraction of sp³-hybridized carbons (Fsp3) is 0.636. The Morgan fingerprint density at radius 1 is 0.439 bits per heavy atom. The first-order valence-electron chi connectivity index (χ1n) is 21.7. The number of hydrogen-bond donors (Lipinski definition) is 4. The summed E-state index contributed by atoms with van der Waals surface area (Å²) < 4.78 is 12.6. The van der Waals surface area contributed by atoms with Crippen LogP contribution in [0.2, 0.25) is 0 Å². The van der Waals surface area contributed by atoms with Crippen LogP contribution in [-0.2, 0) is 0 Å². The maximum absolute atomic E-state index is 13.6. The third-order valence-corrected chi connectivity index (χ3v) is 12.7. The standard InChI is InChI=1S/C44H68N4O6S3/c1-3-5-7-9-11-13-15-17-19-21-23-25-31-53-37-38(54-32-26-24-22-20-18-16-14-12-10-8-6-4-2)40(44(52)48-46-42(50)36-30-28-34-56-36)57-39(37)43(51)47-45-41(49)35-29-27-33-55-35/h27-30,33-34H,3-26,31-32H2,1-2H3,(H,45,49)(H,46,50)(H,47,51)(H,48,52). The highest BCUT2D eigenvalue weighted by molar-refractivity contribution is 7.16. The molecule has 4 amide bonds. The molecule has 0 unspecified atom stereocenters. The molecule has 3 aromatic rings. The summed E-state index contributed by atoms with van der Waals surface area (Å²) in [5.74, 6) is -1.84. The molecule has 0 aliphatic heterocycles. The van der Waals surface area contributed by atoms with Crippen LogP contribution >= 0.6 is 34.0 Å². The monoisotopic (exact) mass is 844 g/mol. The lowest BCUT2D eigenvalue weighted by molar-refractivity contribution is 0.0848. The zero-order valence-corrected chi connectivity index (χ0v) is 37.0. The summed E-state index contributed by atoms with van der Waals surface area (Å²) in [4.78, 5) is 53.6. The van der Waals surface area contributed by atoms with Gasteiger partial charge < -0.3 is 9.47 Å². The second kappa shape index (κ2) is 30.6. The Bertz CT molecular complexity index is 1420. The Hall–Kier alpha value is -3.42. The van der Waals surface area contributed by atoms with Crippen molar-refractivity contribution < 1.29 is 28.7 Å². The molecule has 0 spiro atoms. The highest BCUT2D eigenvalue weighted by Crippen LogP contribution is 2.43. The van der Waals surface area contributed by atoms with E-state index in [2.05, 4.69) is 35.6 Å². The number of unbranched alkanes of at least 4 members (excludes halogenated alkanes) is 22. The van der Waals surface area contributed by atoms with Crippen molar-refractivity contribution >= 4 is 57.6 Å². The van der Waals surface area contributed by atoms with Crippen LogP contribution in [0.25, 0.3) is 0 Å². The van der Waals surface area contributed by atoms with Gasteiger partial charge in [0.15, 0.2) is 11.5 Å². The van der Waals surface area contributed by atoms with Crippen LogP contribution in [-0.4, -0.2) is 36.8 Å². The van der Waals surface area contributed by atoms with Crippen LogP contribution < -0.4 is 31.2 Å². The molecule has 10 nitrogen and oxygen atoms in total. The van der Waals surface area contributed by atoms with E-state index in [1.54, 1.807) is 35.0 Å². The summed E-state index contributed by atoms with van der Waals surface area (Å²) in [6.45, 7) is 5.16. The van der Waals surface area contributed by atoms with Crippen LogP contribution in [0.3, 0.4) is 0 Å². The van der Waals surface area contributed by atoms with Gasteiger partial charge in [-0.15, -0.1) is 34.0 Å². The van der Waals surface area contributed by atoms with Crippen molar-refractivity contribution in [3.63, 3.8) is 0 Å². The minimum atomic E-state index is -0.633. The second-order valence-corrected chi connectivity index (χ2v) is 17.6. The Morgan fingerprint density at radius 3 is 1.04 bits per heavy atom. The third kappa shape index (κ3) is 19.7. The molecule has 3 aromatic heterocycles. The number of hydrogen-bond acceptors (Lipinski definition) is 9. The summed E-state index contributed by atoms with van der Waals surface area (Å²) in [5, 5.41) is 3.56. The van der Waals surface area contributed by atoms with E-state index >= 15 is 0 Å². The van der Waals surface area contributed by atoms with Crippen molar-refractivity contribution in [2.24, 2.45) is 0 Å². The lowest BCUT2D eigenvalue weighted by Gasteiger charge is -2.13. The molecule has 0 saturated heterocycles. The van der Waals surface area contributed by atoms with Gasteiger partial charge in [-0.2, -0.15) is 0 Å². The van der Waals surface area contributed by atoms with Gasteiger partial charge in [0.2, 0.25) is 0 Å².